The molecule has 3 aromatic rings. The average Bonchev–Trinajstić information content (AvgIpc) is 2.43. The molecule has 0 N–H and O–H groups in total. The Kier molecular flexibility index (Phi) is 2.82. The lowest BCUT2D eigenvalue weighted by atomic mass is 9.96. The van der Waals surface area contributed by atoms with E-state index in [0.29, 0.717) is 0 Å². The molecule has 0 aromatic heterocycles. The highest BCUT2D eigenvalue weighted by atomic mass is 79.9. The first-order valence-electron chi connectivity index (χ1n) is 6.13. The Bertz CT molecular complexity index is 945. The third-order valence-electron chi connectivity index (χ3n) is 3.61. The molecule has 0 heterocycles. The second kappa shape index (κ2) is 4.38. The van der Waals surface area contributed by atoms with Crippen LogP contribution in [0.25, 0.3) is 33.9 Å². The number of fused-ring (bicyclic) bond motifs is 2. The van der Waals surface area contributed by atoms with Gasteiger partial charge in [0.1, 0.15) is 0 Å². The highest BCUT2D eigenvalue weighted by Crippen LogP contribution is 2.24. The van der Waals surface area contributed by atoms with Gasteiger partial charge in [0.2, 0.25) is 0 Å². The predicted molar refractivity (Wildman–Crippen MR) is 87.7 cm³/mol. The minimum absolute atomic E-state index is 1.06. The number of halogens is 1. The number of aryl methyl sites for hydroxylation is 1. The highest BCUT2D eigenvalue weighted by molar-refractivity contribution is 9.10. The van der Waals surface area contributed by atoms with Crippen molar-refractivity contribution in [3.8, 4) is 0 Å². The minimum atomic E-state index is 1.06. The van der Waals surface area contributed by atoms with Crippen LogP contribution in [0.3, 0.4) is 0 Å². The third kappa shape index (κ3) is 1.67. The van der Waals surface area contributed by atoms with E-state index < -0.39 is 0 Å². The molecule has 0 spiro atoms. The first kappa shape index (κ1) is 12.2. The van der Waals surface area contributed by atoms with Gasteiger partial charge in [-0.3, -0.25) is 0 Å². The molecular weight excluding hydrogens is 296 g/mol. The van der Waals surface area contributed by atoms with Crippen molar-refractivity contribution < 1.29 is 0 Å². The molecule has 0 aliphatic rings. The molecule has 0 nitrogen and oxygen atoms in total. The molecule has 92 valence electrons. The maximum absolute atomic E-state index is 4.28. The second-order valence-corrected chi connectivity index (χ2v) is 5.54. The van der Waals surface area contributed by atoms with Gasteiger partial charge in [-0.25, -0.2) is 0 Å². The Hall–Kier alpha value is -1.82. The zero-order valence-electron chi connectivity index (χ0n) is 10.8. The van der Waals surface area contributed by atoms with Gasteiger partial charge in [-0.15, -0.1) is 5.73 Å². The maximum Gasteiger partial charge on any atom is 0.0318 e. The summed E-state index contributed by atoms with van der Waals surface area (Å²) in [6.45, 7) is 10.3. The van der Waals surface area contributed by atoms with Crippen molar-refractivity contribution in [2.45, 2.75) is 6.92 Å². The standard InChI is InChI=1S/C18H13Br/c1-4-13-15-8-6-5-7-14(15)12(3)18-16(19)10-9-11(2)17(13)18/h5-10H,1,3H2,2H3. The van der Waals surface area contributed by atoms with Crippen LogP contribution >= 0.6 is 15.9 Å². The lowest BCUT2D eigenvalue weighted by molar-refractivity contribution is 1.51. The smallest absolute Gasteiger partial charge is 0.0318 e. The zero-order valence-corrected chi connectivity index (χ0v) is 12.3. The molecule has 0 amide bonds. The lowest BCUT2D eigenvalue weighted by Gasteiger charge is -2.09. The van der Waals surface area contributed by atoms with Crippen molar-refractivity contribution in [2.24, 2.45) is 0 Å². The van der Waals surface area contributed by atoms with Crippen molar-refractivity contribution >= 4 is 49.8 Å². The van der Waals surface area contributed by atoms with Gasteiger partial charge in [0, 0.05) is 20.5 Å². The van der Waals surface area contributed by atoms with E-state index in [4.69, 9.17) is 0 Å². The van der Waals surface area contributed by atoms with Crippen LogP contribution in [0.4, 0.5) is 0 Å². The number of hydrogen-bond donors (Lipinski definition) is 0. The van der Waals surface area contributed by atoms with Crippen LogP contribution in [-0.2, 0) is 0 Å². The molecule has 1 heteroatoms. The van der Waals surface area contributed by atoms with E-state index >= 15 is 0 Å². The Balaban J connectivity index is 2.89. The van der Waals surface area contributed by atoms with Gasteiger partial charge in [-0.1, -0.05) is 59.4 Å². The van der Waals surface area contributed by atoms with Crippen molar-refractivity contribution in [1.82, 2.24) is 0 Å². The molecule has 0 radical (unpaired) electrons. The van der Waals surface area contributed by atoms with Crippen molar-refractivity contribution in [3.05, 3.63) is 63.5 Å². The summed E-state index contributed by atoms with van der Waals surface area (Å²) in [6, 6.07) is 12.5. The van der Waals surface area contributed by atoms with Gasteiger partial charge in [0.15, 0.2) is 0 Å². The lowest BCUT2D eigenvalue weighted by Crippen LogP contribution is -2.14. The summed E-state index contributed by atoms with van der Waals surface area (Å²) in [6.07, 6.45) is 0. The highest BCUT2D eigenvalue weighted by Gasteiger charge is 2.08. The Labute approximate surface area is 120 Å². The van der Waals surface area contributed by atoms with E-state index in [0.717, 1.165) is 31.1 Å². The summed E-state index contributed by atoms with van der Waals surface area (Å²) in [7, 11) is 0. The molecule has 0 saturated heterocycles. The van der Waals surface area contributed by atoms with Crippen LogP contribution in [0, 0.1) is 6.92 Å². The van der Waals surface area contributed by atoms with Crippen molar-refractivity contribution in [3.63, 3.8) is 0 Å². The Morgan fingerprint density at radius 1 is 1.00 bits per heavy atom. The van der Waals surface area contributed by atoms with E-state index in [1.807, 2.05) is 12.1 Å². The Morgan fingerprint density at radius 3 is 2.37 bits per heavy atom. The summed E-state index contributed by atoms with van der Waals surface area (Å²) in [5, 5.41) is 6.79. The molecule has 0 aliphatic heterocycles. The summed E-state index contributed by atoms with van der Waals surface area (Å²) >= 11 is 3.64. The van der Waals surface area contributed by atoms with E-state index in [1.54, 1.807) is 0 Å². The summed E-state index contributed by atoms with van der Waals surface area (Å²) in [5.74, 6) is 0. The Morgan fingerprint density at radius 2 is 1.68 bits per heavy atom. The minimum Gasteiger partial charge on any atom is -0.119 e. The fraction of sp³-hybridized carbons (Fsp3) is 0.0556. The molecule has 0 fully saturated rings. The van der Waals surface area contributed by atoms with Crippen LogP contribution < -0.4 is 10.4 Å². The van der Waals surface area contributed by atoms with Crippen LogP contribution in [0.2, 0.25) is 0 Å². The topological polar surface area (TPSA) is 0 Å². The molecular formula is C18H13Br. The van der Waals surface area contributed by atoms with Crippen LogP contribution in [-0.4, -0.2) is 0 Å². The quantitative estimate of drug-likeness (QED) is 0.550. The van der Waals surface area contributed by atoms with Gasteiger partial charge in [0.05, 0.1) is 0 Å². The molecule has 0 atom stereocenters. The number of benzene rings is 3. The van der Waals surface area contributed by atoms with Gasteiger partial charge < -0.3 is 0 Å². The zero-order chi connectivity index (χ0) is 13.6. The normalized spacial score (nSPS) is 10.8. The predicted octanol–water partition coefficient (Wildman–Crippen LogP) is 4.04. The second-order valence-electron chi connectivity index (χ2n) is 4.69. The maximum atomic E-state index is 4.28. The largest absolute Gasteiger partial charge is 0.119 e. The first-order chi connectivity index (χ1) is 9.15. The first-order valence-corrected chi connectivity index (χ1v) is 6.93. The van der Waals surface area contributed by atoms with Gasteiger partial charge in [0.25, 0.3) is 0 Å². The summed E-state index contributed by atoms with van der Waals surface area (Å²) in [5.41, 5.74) is 4.33. The number of rotatable bonds is 0. The van der Waals surface area contributed by atoms with E-state index in [1.165, 1.54) is 10.9 Å². The number of hydrogen-bond acceptors (Lipinski definition) is 0. The van der Waals surface area contributed by atoms with Crippen LogP contribution in [0.1, 0.15) is 5.56 Å². The van der Waals surface area contributed by atoms with Gasteiger partial charge in [-0.05, 0) is 34.5 Å². The molecule has 0 aliphatic carbocycles. The SMILES string of the molecule is C=C=c1c2ccccc2c(=C)c2c(Br)ccc(C)c12. The molecule has 0 bridgehead atoms. The van der Waals surface area contributed by atoms with Crippen molar-refractivity contribution in [1.29, 1.82) is 0 Å². The fourth-order valence-electron chi connectivity index (χ4n) is 2.72. The molecule has 3 rings (SSSR count). The van der Waals surface area contributed by atoms with Crippen molar-refractivity contribution in [2.75, 3.05) is 0 Å². The average molecular weight is 309 g/mol. The van der Waals surface area contributed by atoms with E-state index in [9.17, 15) is 0 Å². The monoisotopic (exact) mass is 308 g/mol. The van der Waals surface area contributed by atoms with Crippen LogP contribution in [0.5, 0.6) is 0 Å². The summed E-state index contributed by atoms with van der Waals surface area (Å²) < 4.78 is 1.07. The molecule has 0 saturated carbocycles. The molecule has 3 aromatic carbocycles. The van der Waals surface area contributed by atoms with Gasteiger partial charge >= 0.3 is 0 Å². The van der Waals surface area contributed by atoms with Crippen LogP contribution in [0.15, 0.2) is 47.4 Å². The van der Waals surface area contributed by atoms with Gasteiger partial charge in [-0.2, -0.15) is 0 Å². The van der Waals surface area contributed by atoms with E-state index in [2.05, 4.69) is 66.0 Å². The molecule has 0 unspecified atom stereocenters. The van der Waals surface area contributed by atoms with E-state index in [-0.39, 0.29) is 0 Å². The third-order valence-corrected chi connectivity index (χ3v) is 4.27. The fourth-order valence-corrected chi connectivity index (χ4v) is 3.29. The molecule has 19 heavy (non-hydrogen) atoms. The summed E-state index contributed by atoms with van der Waals surface area (Å²) in [4.78, 5) is 0.